The molecule has 0 fully saturated rings. The average Bonchev–Trinajstić information content (AvgIpc) is 2.04. The van der Waals surface area contributed by atoms with Crippen LogP contribution < -0.4 is 0 Å². The molecule has 1 aromatic rings. The predicted octanol–water partition coefficient (Wildman–Crippen LogP) is 4.34. The second-order valence-electron chi connectivity index (χ2n) is 2.18. The summed E-state index contributed by atoms with van der Waals surface area (Å²) in [6.45, 7) is 0. The van der Waals surface area contributed by atoms with Crippen LogP contribution in [-0.2, 0) is 0 Å². The van der Waals surface area contributed by atoms with E-state index < -0.39 is 9.15 Å². The van der Waals surface area contributed by atoms with Crippen LogP contribution in [0.25, 0.3) is 0 Å². The van der Waals surface area contributed by atoms with Gasteiger partial charge in [-0.2, -0.15) is 0 Å². The Morgan fingerprint density at radius 2 is 1.67 bits per heavy atom. The van der Waals surface area contributed by atoms with Crippen molar-refractivity contribution in [3.05, 3.63) is 35.9 Å². The van der Waals surface area contributed by atoms with Gasteiger partial charge in [0, 0.05) is 0 Å². The van der Waals surface area contributed by atoms with E-state index in [2.05, 4.69) is 0 Å². The topological polar surface area (TPSA) is 0 Å². The first-order valence-corrected chi connectivity index (χ1v) is 4.68. The monoisotopic (exact) mass is 243 g/mol. The molecular formula is C8H6Cl4. The highest BCUT2D eigenvalue weighted by Gasteiger charge is 2.31. The van der Waals surface area contributed by atoms with Crippen LogP contribution in [0.5, 0.6) is 0 Å². The fourth-order valence-electron chi connectivity index (χ4n) is 0.748. The quantitative estimate of drug-likeness (QED) is 0.645. The van der Waals surface area contributed by atoms with Gasteiger partial charge in [-0.1, -0.05) is 65.1 Å². The Balaban J connectivity index is 3.08. The van der Waals surface area contributed by atoms with Crippen LogP contribution in [0.15, 0.2) is 30.3 Å². The van der Waals surface area contributed by atoms with Crippen molar-refractivity contribution in [1.29, 1.82) is 0 Å². The van der Waals surface area contributed by atoms with Crippen LogP contribution >= 0.6 is 46.4 Å². The van der Waals surface area contributed by atoms with Crippen LogP contribution in [-0.4, -0.2) is 3.79 Å². The molecule has 0 aliphatic rings. The number of rotatable bonds is 1. The van der Waals surface area contributed by atoms with Crippen molar-refractivity contribution in [3.63, 3.8) is 0 Å². The number of hydrogen-bond donors (Lipinski definition) is 0. The molecule has 0 aromatic heterocycles. The van der Waals surface area contributed by atoms with E-state index in [1.165, 1.54) is 0 Å². The van der Waals surface area contributed by atoms with Gasteiger partial charge in [-0.05, 0) is 5.56 Å². The molecular weight excluding hydrogens is 238 g/mol. The molecule has 1 unspecified atom stereocenters. The van der Waals surface area contributed by atoms with Crippen LogP contribution in [0.3, 0.4) is 0 Å². The van der Waals surface area contributed by atoms with Gasteiger partial charge in [0.05, 0.1) is 1.37 Å². The largest absolute Gasteiger partial charge is 0.210 e. The Kier molecular flexibility index (Phi) is 3.03. The third-order valence-electron chi connectivity index (χ3n) is 1.28. The van der Waals surface area contributed by atoms with Crippen LogP contribution in [0.4, 0.5) is 0 Å². The van der Waals surface area contributed by atoms with Gasteiger partial charge in [-0.25, -0.2) is 0 Å². The molecule has 4 heteroatoms. The maximum atomic E-state index is 7.69. The van der Waals surface area contributed by atoms with E-state index in [0.717, 1.165) is 0 Å². The summed E-state index contributed by atoms with van der Waals surface area (Å²) in [4.78, 5) is 0. The number of alkyl halides is 4. The van der Waals surface area contributed by atoms with E-state index in [-0.39, 0.29) is 0 Å². The second-order valence-corrected chi connectivity index (χ2v) is 4.84. The number of benzene rings is 1. The van der Waals surface area contributed by atoms with Gasteiger partial charge in [0.25, 0.3) is 0 Å². The van der Waals surface area contributed by atoms with Gasteiger partial charge >= 0.3 is 0 Å². The van der Waals surface area contributed by atoms with Crippen LogP contribution in [0.1, 0.15) is 12.3 Å². The highest BCUT2D eigenvalue weighted by Crippen LogP contribution is 2.43. The highest BCUT2D eigenvalue weighted by atomic mass is 35.6. The van der Waals surface area contributed by atoms with Gasteiger partial charge in [-0.15, -0.1) is 11.6 Å². The predicted molar refractivity (Wildman–Crippen MR) is 55.3 cm³/mol. The highest BCUT2D eigenvalue weighted by molar-refractivity contribution is 6.70. The van der Waals surface area contributed by atoms with E-state index in [1.807, 2.05) is 0 Å². The summed E-state index contributed by atoms with van der Waals surface area (Å²) in [5.74, 6) is 0. The van der Waals surface area contributed by atoms with E-state index in [0.29, 0.717) is 5.56 Å². The molecule has 0 nitrogen and oxygen atoms in total. The molecule has 0 amide bonds. The van der Waals surface area contributed by atoms with E-state index in [4.69, 9.17) is 47.8 Å². The number of hydrogen-bond acceptors (Lipinski definition) is 0. The van der Waals surface area contributed by atoms with Gasteiger partial charge < -0.3 is 0 Å². The molecule has 0 saturated carbocycles. The molecule has 0 N–H and O–H groups in total. The Labute approximate surface area is 92.8 Å². The summed E-state index contributed by atoms with van der Waals surface area (Å²) < 4.78 is 5.84. The zero-order valence-corrected chi connectivity index (χ0v) is 8.92. The molecule has 1 aromatic carbocycles. The molecule has 1 rings (SSSR count). The van der Waals surface area contributed by atoms with Crippen molar-refractivity contribution >= 4 is 46.4 Å². The van der Waals surface area contributed by atoms with Crippen molar-refractivity contribution in [1.82, 2.24) is 0 Å². The molecule has 0 saturated heterocycles. The molecule has 0 aliphatic carbocycles. The van der Waals surface area contributed by atoms with Crippen molar-refractivity contribution in [2.75, 3.05) is 0 Å². The summed E-state index contributed by atoms with van der Waals surface area (Å²) in [6, 6.07) is 8.55. The molecule has 66 valence electrons. The molecule has 12 heavy (non-hydrogen) atoms. The smallest absolute Gasteiger partial charge is 0.113 e. The Morgan fingerprint density at radius 1 is 1.17 bits per heavy atom. The molecule has 0 aliphatic heterocycles. The van der Waals surface area contributed by atoms with Gasteiger partial charge in [-0.3, -0.25) is 0 Å². The maximum absolute atomic E-state index is 7.69. The first-order chi connectivity index (χ1) is 5.86. The Morgan fingerprint density at radius 3 is 2.08 bits per heavy atom. The lowest BCUT2D eigenvalue weighted by molar-refractivity contribution is 0.972. The maximum Gasteiger partial charge on any atom is 0.210 e. The zero-order chi connectivity index (χ0) is 10.1. The summed E-state index contributed by atoms with van der Waals surface area (Å²) in [6.07, 6.45) is 0. The first-order valence-electron chi connectivity index (χ1n) is 3.67. The fourth-order valence-corrected chi connectivity index (χ4v) is 1.20. The summed E-state index contributed by atoms with van der Waals surface area (Å²) in [5.41, 5.74) is 0.455. The minimum Gasteiger partial charge on any atom is -0.113 e. The van der Waals surface area contributed by atoms with Crippen molar-refractivity contribution in [2.45, 2.75) is 9.15 Å². The average molecular weight is 245 g/mol. The lowest BCUT2D eigenvalue weighted by atomic mass is 10.2. The zero-order valence-electron chi connectivity index (χ0n) is 6.90. The summed E-state index contributed by atoms with van der Waals surface area (Å²) in [7, 11) is 0. The van der Waals surface area contributed by atoms with Gasteiger partial charge in [0.15, 0.2) is 0 Å². The van der Waals surface area contributed by atoms with E-state index >= 15 is 0 Å². The molecule has 0 radical (unpaired) electrons. The van der Waals surface area contributed by atoms with Crippen molar-refractivity contribution in [2.24, 2.45) is 0 Å². The minimum absolute atomic E-state index is 0.455. The Hall–Kier alpha value is 0.380. The normalized spacial score (nSPS) is 18.2. The third-order valence-corrected chi connectivity index (χ3v) is 2.63. The molecule has 0 heterocycles. The molecule has 1 atom stereocenters. The van der Waals surface area contributed by atoms with Crippen molar-refractivity contribution in [3.8, 4) is 0 Å². The van der Waals surface area contributed by atoms with Gasteiger partial charge in [0.1, 0.15) is 5.35 Å². The summed E-state index contributed by atoms with van der Waals surface area (Å²) >= 11 is 22.5. The van der Waals surface area contributed by atoms with Gasteiger partial charge in [0.2, 0.25) is 3.79 Å². The number of halogens is 4. The Bertz CT molecular complexity index is 278. The molecule has 0 bridgehead atoms. The van der Waals surface area contributed by atoms with E-state index in [1.54, 1.807) is 30.3 Å². The third kappa shape index (κ3) is 2.70. The molecule has 0 spiro atoms. The first kappa shape index (κ1) is 8.96. The van der Waals surface area contributed by atoms with Crippen molar-refractivity contribution < 1.29 is 1.37 Å². The standard InChI is InChI=1S/C8H6Cl4/c9-7(8(10,11)12)6-4-2-1-3-5-6/h1-5,7H/i7D. The minimum atomic E-state index is -1.85. The van der Waals surface area contributed by atoms with E-state index in [9.17, 15) is 0 Å². The fraction of sp³-hybridized carbons (Fsp3) is 0.250. The lowest BCUT2D eigenvalue weighted by Crippen LogP contribution is -2.10. The summed E-state index contributed by atoms with van der Waals surface area (Å²) in [5, 5.41) is -1.75. The lowest BCUT2D eigenvalue weighted by Gasteiger charge is -2.17. The SMILES string of the molecule is [2H]C(Cl)(c1ccccc1)C(Cl)(Cl)Cl. The second kappa shape index (κ2) is 4.06. The van der Waals surface area contributed by atoms with Crippen LogP contribution in [0, 0.1) is 0 Å². The van der Waals surface area contributed by atoms with Crippen LogP contribution in [0.2, 0.25) is 0 Å².